The lowest BCUT2D eigenvalue weighted by molar-refractivity contribution is 0.521. The molecule has 2 aromatic carbocycles. The quantitative estimate of drug-likeness (QED) is 0.816. The van der Waals surface area contributed by atoms with E-state index in [1.165, 1.54) is 24.0 Å². The molecule has 0 aromatic heterocycles. The molecule has 2 rings (SSSR count). The van der Waals surface area contributed by atoms with Gasteiger partial charge in [-0.2, -0.15) is 0 Å². The van der Waals surface area contributed by atoms with Crippen molar-refractivity contribution in [1.82, 2.24) is 4.31 Å². The third kappa shape index (κ3) is 4.11. The zero-order chi connectivity index (χ0) is 17.9. The minimum absolute atomic E-state index is 0.215. The number of rotatable bonds is 4. The van der Waals surface area contributed by atoms with Crippen LogP contribution in [0.25, 0.3) is 0 Å². The van der Waals surface area contributed by atoms with Crippen molar-refractivity contribution >= 4 is 38.7 Å². The minimum Gasteiger partial charge on any atom is -0.332 e. The third-order valence-electron chi connectivity index (χ3n) is 3.72. The maximum absolute atomic E-state index is 12.2. The maximum Gasteiger partial charge on any atom is 0.242 e. The molecule has 0 spiro atoms. The molecule has 2 aromatic rings. The molecule has 0 aliphatic heterocycles. The molecule has 128 valence electrons. The number of aryl methyl sites for hydroxylation is 1. The Morgan fingerprint density at radius 2 is 1.71 bits per heavy atom. The summed E-state index contributed by atoms with van der Waals surface area (Å²) in [5.41, 5.74) is 3.82. The molecular weight excluding hydrogens is 342 g/mol. The lowest BCUT2D eigenvalue weighted by Crippen LogP contribution is -2.23. The van der Waals surface area contributed by atoms with E-state index in [1.54, 1.807) is 24.3 Å². The molecule has 0 saturated carbocycles. The third-order valence-corrected chi connectivity index (χ3v) is 5.74. The molecule has 0 saturated heterocycles. The summed E-state index contributed by atoms with van der Waals surface area (Å²) in [6.45, 7) is 4.05. The highest BCUT2D eigenvalue weighted by Crippen LogP contribution is 2.20. The Morgan fingerprint density at radius 3 is 2.38 bits per heavy atom. The fraction of sp³-hybridized carbons (Fsp3) is 0.235. The van der Waals surface area contributed by atoms with Gasteiger partial charge in [0.05, 0.1) is 4.90 Å². The molecule has 0 fully saturated rings. The molecule has 0 unspecified atom stereocenters. The van der Waals surface area contributed by atoms with Crippen molar-refractivity contribution in [3.05, 3.63) is 53.6 Å². The fourth-order valence-corrected chi connectivity index (χ4v) is 3.29. The predicted octanol–water partition coefficient (Wildman–Crippen LogP) is 3.36. The largest absolute Gasteiger partial charge is 0.332 e. The van der Waals surface area contributed by atoms with Crippen molar-refractivity contribution in [3.8, 4) is 0 Å². The summed E-state index contributed by atoms with van der Waals surface area (Å²) < 4.78 is 25.6. The summed E-state index contributed by atoms with van der Waals surface area (Å²) in [6, 6.07) is 12.5. The number of thiocarbonyl (C=S) groups is 1. The van der Waals surface area contributed by atoms with Gasteiger partial charge < -0.3 is 10.6 Å². The Morgan fingerprint density at radius 1 is 1.04 bits per heavy atom. The molecule has 0 aliphatic carbocycles. The first-order valence-corrected chi connectivity index (χ1v) is 9.23. The van der Waals surface area contributed by atoms with Crippen LogP contribution in [0.3, 0.4) is 0 Å². The number of anilines is 2. The predicted molar refractivity (Wildman–Crippen MR) is 103 cm³/mol. The highest BCUT2D eigenvalue weighted by Gasteiger charge is 2.17. The zero-order valence-electron chi connectivity index (χ0n) is 14.1. The van der Waals surface area contributed by atoms with Gasteiger partial charge >= 0.3 is 0 Å². The van der Waals surface area contributed by atoms with Crippen molar-refractivity contribution in [2.75, 3.05) is 24.7 Å². The van der Waals surface area contributed by atoms with E-state index in [9.17, 15) is 8.42 Å². The average molecular weight is 364 g/mol. The van der Waals surface area contributed by atoms with Gasteiger partial charge in [0.1, 0.15) is 0 Å². The molecule has 0 heterocycles. The van der Waals surface area contributed by atoms with Gasteiger partial charge in [0.25, 0.3) is 0 Å². The lowest BCUT2D eigenvalue weighted by Gasteiger charge is -2.15. The van der Waals surface area contributed by atoms with Crippen LogP contribution in [-0.2, 0) is 10.0 Å². The van der Waals surface area contributed by atoms with Crippen LogP contribution in [0.1, 0.15) is 11.1 Å². The molecule has 7 heteroatoms. The summed E-state index contributed by atoms with van der Waals surface area (Å²) in [4.78, 5) is 0.215. The summed E-state index contributed by atoms with van der Waals surface area (Å²) in [5.74, 6) is 0. The Bertz CT molecular complexity index is 862. The Balaban J connectivity index is 2.17. The second-order valence-corrected chi connectivity index (χ2v) is 8.20. The number of sulfonamides is 1. The van der Waals surface area contributed by atoms with E-state index >= 15 is 0 Å². The molecule has 0 bridgehead atoms. The smallest absolute Gasteiger partial charge is 0.242 e. The monoisotopic (exact) mass is 363 g/mol. The highest BCUT2D eigenvalue weighted by molar-refractivity contribution is 7.89. The minimum atomic E-state index is -3.48. The molecular formula is C17H21N3O2S2. The van der Waals surface area contributed by atoms with E-state index in [0.717, 1.165) is 11.3 Å². The average Bonchev–Trinajstić information content (AvgIpc) is 2.52. The molecule has 2 N–H and O–H groups in total. The van der Waals surface area contributed by atoms with Crippen molar-refractivity contribution in [2.45, 2.75) is 18.7 Å². The molecule has 5 nitrogen and oxygen atoms in total. The number of nitrogens with one attached hydrogen (secondary N) is 2. The molecule has 24 heavy (non-hydrogen) atoms. The number of hydrogen-bond acceptors (Lipinski definition) is 3. The highest BCUT2D eigenvalue weighted by atomic mass is 32.2. The first-order chi connectivity index (χ1) is 11.2. The Hall–Kier alpha value is -1.96. The molecule has 0 amide bonds. The van der Waals surface area contributed by atoms with Gasteiger partial charge in [-0.15, -0.1) is 0 Å². The lowest BCUT2D eigenvalue weighted by atomic mass is 10.1. The van der Waals surface area contributed by atoms with E-state index in [0.29, 0.717) is 10.8 Å². The van der Waals surface area contributed by atoms with Crippen molar-refractivity contribution < 1.29 is 8.42 Å². The van der Waals surface area contributed by atoms with Crippen LogP contribution in [0.4, 0.5) is 11.4 Å². The Kier molecular flexibility index (Phi) is 5.58. The molecule has 0 radical (unpaired) electrons. The van der Waals surface area contributed by atoms with Gasteiger partial charge in [-0.05, 0) is 61.5 Å². The van der Waals surface area contributed by atoms with Gasteiger partial charge in [0.2, 0.25) is 10.0 Å². The van der Waals surface area contributed by atoms with E-state index in [2.05, 4.69) is 10.6 Å². The van der Waals surface area contributed by atoms with Gasteiger partial charge in [0, 0.05) is 25.5 Å². The standard InChI is InChI=1S/C17H21N3O2S2/c1-12-7-5-10-16(13(12)2)19-17(23)18-14-8-6-9-15(11-14)24(21,22)20(3)4/h5-11H,1-4H3,(H2,18,19,23). The van der Waals surface area contributed by atoms with Crippen LogP contribution in [0.5, 0.6) is 0 Å². The second kappa shape index (κ2) is 7.29. The van der Waals surface area contributed by atoms with E-state index in [4.69, 9.17) is 12.2 Å². The molecule has 0 atom stereocenters. The van der Waals surface area contributed by atoms with Crippen LogP contribution in [0.15, 0.2) is 47.4 Å². The molecule has 0 aliphatic rings. The fourth-order valence-electron chi connectivity index (χ4n) is 2.12. The van der Waals surface area contributed by atoms with Crippen LogP contribution in [-0.4, -0.2) is 31.9 Å². The van der Waals surface area contributed by atoms with E-state index in [1.807, 2.05) is 32.0 Å². The van der Waals surface area contributed by atoms with E-state index < -0.39 is 10.0 Å². The van der Waals surface area contributed by atoms with Crippen molar-refractivity contribution in [1.29, 1.82) is 0 Å². The van der Waals surface area contributed by atoms with Crippen LogP contribution < -0.4 is 10.6 Å². The van der Waals surface area contributed by atoms with Gasteiger partial charge in [0.15, 0.2) is 5.11 Å². The summed E-state index contributed by atoms with van der Waals surface area (Å²) in [7, 11) is -0.473. The van der Waals surface area contributed by atoms with Crippen LogP contribution >= 0.6 is 12.2 Å². The Labute approximate surface area is 148 Å². The zero-order valence-corrected chi connectivity index (χ0v) is 15.8. The van der Waals surface area contributed by atoms with Crippen molar-refractivity contribution in [3.63, 3.8) is 0 Å². The normalized spacial score (nSPS) is 11.4. The van der Waals surface area contributed by atoms with Crippen molar-refractivity contribution in [2.24, 2.45) is 0 Å². The van der Waals surface area contributed by atoms with Crippen LogP contribution in [0.2, 0.25) is 0 Å². The first-order valence-electron chi connectivity index (χ1n) is 7.38. The number of hydrogen-bond donors (Lipinski definition) is 2. The number of benzene rings is 2. The number of nitrogens with zero attached hydrogens (tertiary/aromatic N) is 1. The van der Waals surface area contributed by atoms with Crippen LogP contribution in [0, 0.1) is 13.8 Å². The first kappa shape index (κ1) is 18.4. The van der Waals surface area contributed by atoms with E-state index in [-0.39, 0.29) is 4.90 Å². The summed E-state index contributed by atoms with van der Waals surface area (Å²) in [6.07, 6.45) is 0. The summed E-state index contributed by atoms with van der Waals surface area (Å²) in [5, 5.41) is 6.57. The van der Waals surface area contributed by atoms with Gasteiger partial charge in [-0.1, -0.05) is 18.2 Å². The SMILES string of the molecule is Cc1cccc(NC(=S)Nc2cccc(S(=O)(=O)N(C)C)c2)c1C. The summed E-state index contributed by atoms with van der Waals surface area (Å²) >= 11 is 5.33. The van der Waals surface area contributed by atoms with Gasteiger partial charge in [-0.3, -0.25) is 0 Å². The topological polar surface area (TPSA) is 61.4 Å². The maximum atomic E-state index is 12.2. The van der Waals surface area contributed by atoms with Gasteiger partial charge in [-0.25, -0.2) is 12.7 Å². The second-order valence-electron chi connectivity index (χ2n) is 5.64.